The Morgan fingerprint density at radius 3 is 2.78 bits per heavy atom. The van der Waals surface area contributed by atoms with Gasteiger partial charge in [0.2, 0.25) is 0 Å². The number of phenols is 1. The molecule has 7 heteroatoms. The van der Waals surface area contributed by atoms with Crippen molar-refractivity contribution in [2.75, 3.05) is 20.3 Å². The van der Waals surface area contributed by atoms with Gasteiger partial charge >= 0.3 is 11.8 Å². The molecule has 0 aliphatic heterocycles. The monoisotopic (exact) mass is 315 g/mol. The van der Waals surface area contributed by atoms with E-state index in [2.05, 4.69) is 15.8 Å². The van der Waals surface area contributed by atoms with E-state index < -0.39 is 11.8 Å². The van der Waals surface area contributed by atoms with E-state index in [1.807, 2.05) is 24.3 Å². The van der Waals surface area contributed by atoms with Crippen LogP contribution in [-0.4, -0.2) is 43.4 Å². The van der Waals surface area contributed by atoms with Gasteiger partial charge in [-0.2, -0.15) is 5.10 Å². The van der Waals surface area contributed by atoms with Gasteiger partial charge in [0.25, 0.3) is 0 Å². The van der Waals surface area contributed by atoms with Crippen molar-refractivity contribution in [1.29, 1.82) is 0 Å². The second kappa shape index (κ2) is 7.90. The molecule has 0 unspecified atom stereocenters. The Kier molecular flexibility index (Phi) is 5.65. The quantitative estimate of drug-likeness (QED) is 0.328. The van der Waals surface area contributed by atoms with Crippen LogP contribution in [0.2, 0.25) is 0 Å². The number of carbonyl (C=O) groups excluding carboxylic acids is 2. The number of hydrazone groups is 1. The number of methoxy groups -OCH3 is 1. The first-order valence-corrected chi connectivity index (χ1v) is 6.94. The highest BCUT2D eigenvalue weighted by Gasteiger charge is 2.11. The molecule has 23 heavy (non-hydrogen) atoms. The van der Waals surface area contributed by atoms with Crippen LogP contribution in [0.3, 0.4) is 0 Å². The Bertz CT molecular complexity index is 743. The molecule has 0 spiro atoms. The number of amides is 2. The molecule has 0 aromatic heterocycles. The molecular formula is C16H17N3O4. The summed E-state index contributed by atoms with van der Waals surface area (Å²) in [6.45, 7) is 0.544. The van der Waals surface area contributed by atoms with Crippen molar-refractivity contribution in [1.82, 2.24) is 10.7 Å². The zero-order chi connectivity index (χ0) is 16.7. The van der Waals surface area contributed by atoms with Gasteiger partial charge in [-0.1, -0.05) is 30.3 Å². The number of phenolic OH excluding ortho intramolecular Hbond substituents is 1. The molecule has 0 aliphatic rings. The van der Waals surface area contributed by atoms with E-state index >= 15 is 0 Å². The molecule has 2 amide bonds. The molecule has 2 rings (SSSR count). The number of carbonyl (C=O) groups is 2. The zero-order valence-electron chi connectivity index (χ0n) is 12.6. The summed E-state index contributed by atoms with van der Waals surface area (Å²) in [5.41, 5.74) is 2.58. The minimum absolute atomic E-state index is 0.0336. The summed E-state index contributed by atoms with van der Waals surface area (Å²) in [6, 6.07) is 10.8. The second-order valence-corrected chi connectivity index (χ2v) is 4.67. The standard InChI is InChI=1S/C16H17N3O4/c1-23-9-8-17-15(21)16(22)19-18-10-13-12-5-3-2-4-11(12)6-7-14(13)20/h2-7,10,20H,8-9H2,1H3,(H,17,21)(H,19,22)/b18-10-. The van der Waals surface area contributed by atoms with Crippen LogP contribution in [-0.2, 0) is 14.3 Å². The van der Waals surface area contributed by atoms with Crippen molar-refractivity contribution in [3.63, 3.8) is 0 Å². The molecule has 0 radical (unpaired) electrons. The first-order valence-electron chi connectivity index (χ1n) is 6.94. The van der Waals surface area contributed by atoms with Gasteiger partial charge in [-0.15, -0.1) is 0 Å². The number of nitrogens with zero attached hydrogens (tertiary/aromatic N) is 1. The summed E-state index contributed by atoms with van der Waals surface area (Å²) < 4.78 is 4.76. The highest BCUT2D eigenvalue weighted by atomic mass is 16.5. The molecular weight excluding hydrogens is 298 g/mol. The molecule has 0 aliphatic carbocycles. The van der Waals surface area contributed by atoms with Crippen molar-refractivity contribution in [3.8, 4) is 5.75 Å². The maximum atomic E-state index is 11.5. The average Bonchev–Trinajstić information content (AvgIpc) is 2.56. The van der Waals surface area contributed by atoms with Gasteiger partial charge in [0, 0.05) is 19.2 Å². The van der Waals surface area contributed by atoms with Crippen molar-refractivity contribution in [2.24, 2.45) is 5.10 Å². The number of hydrogen-bond donors (Lipinski definition) is 3. The summed E-state index contributed by atoms with van der Waals surface area (Å²) in [5, 5.41) is 17.7. The summed E-state index contributed by atoms with van der Waals surface area (Å²) in [6.07, 6.45) is 1.30. The van der Waals surface area contributed by atoms with Gasteiger partial charge in [-0.25, -0.2) is 5.43 Å². The molecule has 0 fully saturated rings. The lowest BCUT2D eigenvalue weighted by Gasteiger charge is -2.05. The van der Waals surface area contributed by atoms with E-state index in [4.69, 9.17) is 4.74 Å². The lowest BCUT2D eigenvalue weighted by Crippen LogP contribution is -2.39. The van der Waals surface area contributed by atoms with Crippen molar-refractivity contribution < 1.29 is 19.4 Å². The third-order valence-corrected chi connectivity index (χ3v) is 3.11. The van der Waals surface area contributed by atoms with E-state index in [1.165, 1.54) is 13.3 Å². The fourth-order valence-electron chi connectivity index (χ4n) is 1.97. The SMILES string of the molecule is COCCNC(=O)C(=O)N/N=C\c1c(O)ccc2ccccc12. The largest absolute Gasteiger partial charge is 0.507 e. The molecule has 0 atom stereocenters. The Labute approximate surface area is 132 Å². The van der Waals surface area contributed by atoms with E-state index in [1.54, 1.807) is 12.1 Å². The normalized spacial score (nSPS) is 10.8. The first kappa shape index (κ1) is 16.4. The molecule has 7 nitrogen and oxygen atoms in total. The number of ether oxygens (including phenoxy) is 1. The molecule has 2 aromatic carbocycles. The average molecular weight is 315 g/mol. The third-order valence-electron chi connectivity index (χ3n) is 3.11. The lowest BCUT2D eigenvalue weighted by atomic mass is 10.0. The molecule has 0 saturated heterocycles. The summed E-state index contributed by atoms with van der Waals surface area (Å²) in [4.78, 5) is 23.0. The Hall–Kier alpha value is -2.93. The fraction of sp³-hybridized carbons (Fsp3) is 0.188. The van der Waals surface area contributed by atoms with E-state index in [0.29, 0.717) is 12.2 Å². The lowest BCUT2D eigenvalue weighted by molar-refractivity contribution is -0.139. The Morgan fingerprint density at radius 2 is 2.00 bits per heavy atom. The van der Waals surface area contributed by atoms with Gasteiger partial charge in [0.15, 0.2) is 0 Å². The Morgan fingerprint density at radius 1 is 1.22 bits per heavy atom. The number of aromatic hydroxyl groups is 1. The molecule has 2 aromatic rings. The van der Waals surface area contributed by atoms with Crippen LogP contribution in [0.4, 0.5) is 0 Å². The zero-order valence-corrected chi connectivity index (χ0v) is 12.6. The predicted molar refractivity (Wildman–Crippen MR) is 86.2 cm³/mol. The van der Waals surface area contributed by atoms with Crippen LogP contribution in [0.25, 0.3) is 10.8 Å². The summed E-state index contributed by atoms with van der Waals surface area (Å²) >= 11 is 0. The van der Waals surface area contributed by atoms with Gasteiger partial charge in [0.05, 0.1) is 12.8 Å². The maximum absolute atomic E-state index is 11.5. The maximum Gasteiger partial charge on any atom is 0.329 e. The number of benzene rings is 2. The molecule has 3 N–H and O–H groups in total. The van der Waals surface area contributed by atoms with Gasteiger partial charge in [-0.3, -0.25) is 9.59 Å². The van der Waals surface area contributed by atoms with Crippen LogP contribution in [0, 0.1) is 0 Å². The second-order valence-electron chi connectivity index (χ2n) is 4.67. The minimum Gasteiger partial charge on any atom is -0.507 e. The van der Waals surface area contributed by atoms with E-state index in [0.717, 1.165) is 10.8 Å². The fourth-order valence-corrected chi connectivity index (χ4v) is 1.97. The first-order chi connectivity index (χ1) is 11.1. The van der Waals surface area contributed by atoms with Crippen LogP contribution in [0.15, 0.2) is 41.5 Å². The van der Waals surface area contributed by atoms with Crippen LogP contribution in [0.1, 0.15) is 5.56 Å². The van der Waals surface area contributed by atoms with Crippen LogP contribution in [0.5, 0.6) is 5.75 Å². The number of hydrogen-bond acceptors (Lipinski definition) is 5. The Balaban J connectivity index is 2.05. The smallest absolute Gasteiger partial charge is 0.329 e. The molecule has 0 heterocycles. The summed E-state index contributed by atoms with van der Waals surface area (Å²) in [5.74, 6) is -1.66. The number of fused-ring (bicyclic) bond motifs is 1. The molecule has 0 saturated carbocycles. The molecule has 0 bridgehead atoms. The number of rotatable bonds is 5. The van der Waals surface area contributed by atoms with Gasteiger partial charge in [-0.05, 0) is 16.8 Å². The third kappa shape index (κ3) is 4.27. The molecule has 120 valence electrons. The van der Waals surface area contributed by atoms with Gasteiger partial charge < -0.3 is 15.2 Å². The van der Waals surface area contributed by atoms with Crippen LogP contribution < -0.4 is 10.7 Å². The van der Waals surface area contributed by atoms with Crippen LogP contribution >= 0.6 is 0 Å². The van der Waals surface area contributed by atoms with E-state index in [9.17, 15) is 14.7 Å². The highest BCUT2D eigenvalue weighted by molar-refractivity contribution is 6.35. The van der Waals surface area contributed by atoms with Crippen molar-refractivity contribution in [2.45, 2.75) is 0 Å². The highest BCUT2D eigenvalue weighted by Crippen LogP contribution is 2.25. The van der Waals surface area contributed by atoms with Crippen molar-refractivity contribution >= 4 is 28.8 Å². The van der Waals surface area contributed by atoms with Crippen molar-refractivity contribution in [3.05, 3.63) is 42.0 Å². The topological polar surface area (TPSA) is 100 Å². The van der Waals surface area contributed by atoms with Gasteiger partial charge in [0.1, 0.15) is 5.75 Å². The number of nitrogens with one attached hydrogen (secondary N) is 2. The van der Waals surface area contributed by atoms with E-state index in [-0.39, 0.29) is 12.3 Å². The predicted octanol–water partition coefficient (Wildman–Crippen LogP) is 0.758. The minimum atomic E-state index is -0.892. The summed E-state index contributed by atoms with van der Waals surface area (Å²) in [7, 11) is 1.49.